The van der Waals surface area contributed by atoms with E-state index in [0.717, 1.165) is 10.6 Å². The van der Waals surface area contributed by atoms with Gasteiger partial charge >= 0.3 is 0 Å². The molecule has 1 aliphatic rings. The molecular weight excluding hydrogens is 281 g/mol. The van der Waals surface area contributed by atoms with Crippen molar-refractivity contribution in [3.8, 4) is 0 Å². The summed E-state index contributed by atoms with van der Waals surface area (Å²) in [5.41, 5.74) is 2.27. The highest BCUT2D eigenvalue weighted by molar-refractivity contribution is 14.1. The number of halogens is 1. The van der Waals surface area contributed by atoms with Gasteiger partial charge in [-0.1, -0.05) is 36.5 Å². The Bertz CT molecular complexity index is 371. The Balaban J connectivity index is 2.56. The van der Waals surface area contributed by atoms with Crippen LogP contribution in [0.2, 0.25) is 0 Å². The van der Waals surface area contributed by atoms with E-state index in [1.54, 1.807) is 11.8 Å². The van der Waals surface area contributed by atoms with E-state index in [0.29, 0.717) is 0 Å². The molecule has 1 aromatic carbocycles. The molecule has 0 saturated carbocycles. The fourth-order valence-corrected chi connectivity index (χ4v) is 2.66. The smallest absolute Gasteiger partial charge is 0.115 e. The normalized spacial score (nSPS) is 18.4. The number of thioether (sulfide) groups is 1. The van der Waals surface area contributed by atoms with Gasteiger partial charge in [-0.05, 0) is 11.6 Å². The number of nitrogens with zero attached hydrogens (tertiary/aromatic N) is 1. The van der Waals surface area contributed by atoms with Crippen molar-refractivity contribution in [3.05, 3.63) is 36.4 Å². The minimum atomic E-state index is 1.02. The Morgan fingerprint density at radius 2 is 2.08 bits per heavy atom. The molecule has 0 amide bonds. The van der Waals surface area contributed by atoms with E-state index in [2.05, 4.69) is 21.9 Å². The lowest BCUT2D eigenvalue weighted by Crippen LogP contribution is -1.83. The number of hydrogen-bond donors (Lipinski definition) is 0. The second-order valence-corrected chi connectivity index (χ2v) is 3.98. The Morgan fingerprint density at radius 3 is 2.75 bits per heavy atom. The summed E-state index contributed by atoms with van der Waals surface area (Å²) >= 11 is 3.70. The molecule has 1 nitrogen and oxygen atoms in total. The van der Waals surface area contributed by atoms with Crippen molar-refractivity contribution in [1.29, 1.82) is 0 Å². The zero-order chi connectivity index (χ0) is 8.55. The van der Waals surface area contributed by atoms with Crippen LogP contribution in [0.15, 0.2) is 38.9 Å². The standard InChI is InChI=1S/C9H6INS/c1-6-7-4-2-3-5-8(7)12-9(6)11-10/h2-5H,1H2. The first-order valence-corrected chi connectivity index (χ1v) is 5.26. The molecule has 0 unspecified atom stereocenters. The summed E-state index contributed by atoms with van der Waals surface area (Å²) in [6, 6.07) is 8.25. The van der Waals surface area contributed by atoms with Crippen molar-refractivity contribution in [2.24, 2.45) is 3.21 Å². The van der Waals surface area contributed by atoms with Crippen LogP contribution in [0.25, 0.3) is 5.57 Å². The quantitative estimate of drug-likeness (QED) is 0.665. The molecule has 2 rings (SSSR count). The van der Waals surface area contributed by atoms with Crippen molar-refractivity contribution in [3.63, 3.8) is 0 Å². The van der Waals surface area contributed by atoms with Gasteiger partial charge in [-0.25, -0.2) is 3.21 Å². The average Bonchev–Trinajstić information content (AvgIpc) is 2.44. The zero-order valence-corrected chi connectivity index (χ0v) is 9.22. The molecule has 1 aliphatic heterocycles. The van der Waals surface area contributed by atoms with Gasteiger partial charge < -0.3 is 0 Å². The molecule has 60 valence electrons. The Kier molecular flexibility index (Phi) is 2.23. The van der Waals surface area contributed by atoms with E-state index in [-0.39, 0.29) is 0 Å². The Morgan fingerprint density at radius 1 is 1.33 bits per heavy atom. The summed E-state index contributed by atoms with van der Waals surface area (Å²) in [5, 5.41) is 1.02. The summed E-state index contributed by atoms with van der Waals surface area (Å²) in [6.45, 7) is 3.99. The van der Waals surface area contributed by atoms with Crippen LogP contribution < -0.4 is 0 Å². The van der Waals surface area contributed by atoms with E-state index < -0.39 is 0 Å². The molecule has 1 aromatic rings. The summed E-state index contributed by atoms with van der Waals surface area (Å²) in [6.07, 6.45) is 0. The molecule has 12 heavy (non-hydrogen) atoms. The molecule has 3 heteroatoms. The van der Waals surface area contributed by atoms with E-state index in [4.69, 9.17) is 0 Å². The molecule has 0 bridgehead atoms. The summed E-state index contributed by atoms with van der Waals surface area (Å²) in [4.78, 5) is 1.26. The molecule has 0 spiro atoms. The van der Waals surface area contributed by atoms with E-state index in [9.17, 15) is 0 Å². The third-order valence-electron chi connectivity index (χ3n) is 1.75. The summed E-state index contributed by atoms with van der Waals surface area (Å²) in [7, 11) is 0. The maximum absolute atomic E-state index is 4.13. The average molecular weight is 287 g/mol. The van der Waals surface area contributed by atoms with E-state index in [1.807, 2.05) is 35.0 Å². The van der Waals surface area contributed by atoms with E-state index in [1.165, 1.54) is 10.5 Å². The Hall–Kier alpha value is -0.290. The Labute approximate surface area is 89.5 Å². The highest BCUT2D eigenvalue weighted by Gasteiger charge is 2.20. The van der Waals surface area contributed by atoms with Crippen LogP contribution in [0.4, 0.5) is 0 Å². The van der Waals surface area contributed by atoms with Gasteiger partial charge in [0.15, 0.2) is 0 Å². The van der Waals surface area contributed by atoms with Crippen molar-refractivity contribution in [2.75, 3.05) is 0 Å². The van der Waals surface area contributed by atoms with Gasteiger partial charge in [0.2, 0.25) is 0 Å². The fraction of sp³-hybridized carbons (Fsp3) is 0. The van der Waals surface area contributed by atoms with Gasteiger partial charge in [0.25, 0.3) is 0 Å². The molecule has 1 heterocycles. The molecule has 0 aliphatic carbocycles. The third kappa shape index (κ3) is 1.21. The number of hydrogen-bond acceptors (Lipinski definition) is 2. The molecule has 0 fully saturated rings. The van der Waals surface area contributed by atoms with Crippen LogP contribution in [0, 0.1) is 0 Å². The maximum atomic E-state index is 4.13. The van der Waals surface area contributed by atoms with Gasteiger partial charge in [-0.3, -0.25) is 0 Å². The van der Waals surface area contributed by atoms with Crippen LogP contribution in [0.3, 0.4) is 0 Å². The van der Waals surface area contributed by atoms with Crippen LogP contribution in [-0.2, 0) is 0 Å². The van der Waals surface area contributed by atoms with Gasteiger partial charge in [-0.2, -0.15) is 0 Å². The largest absolute Gasteiger partial charge is 0.207 e. The van der Waals surface area contributed by atoms with Crippen molar-refractivity contribution in [1.82, 2.24) is 0 Å². The van der Waals surface area contributed by atoms with Gasteiger partial charge in [0.05, 0.1) is 22.9 Å². The molecule has 0 aromatic heterocycles. The molecule has 0 atom stereocenters. The lowest BCUT2D eigenvalue weighted by molar-refractivity contribution is 1.44. The van der Waals surface area contributed by atoms with Crippen molar-refractivity contribution >= 4 is 45.2 Å². The first-order valence-electron chi connectivity index (χ1n) is 3.48. The third-order valence-corrected chi connectivity index (χ3v) is 3.67. The summed E-state index contributed by atoms with van der Waals surface area (Å²) in [5.74, 6) is 0. The molecule has 0 N–H and O–H groups in total. The highest BCUT2D eigenvalue weighted by atomic mass is 127. The topological polar surface area (TPSA) is 12.4 Å². The second-order valence-electron chi connectivity index (χ2n) is 2.47. The predicted octanol–water partition coefficient (Wildman–Crippen LogP) is 3.55. The van der Waals surface area contributed by atoms with Crippen LogP contribution >= 0.6 is 34.6 Å². The van der Waals surface area contributed by atoms with Crippen LogP contribution in [0.5, 0.6) is 0 Å². The lowest BCUT2D eigenvalue weighted by Gasteiger charge is -1.93. The van der Waals surface area contributed by atoms with Crippen LogP contribution in [0.1, 0.15) is 5.56 Å². The summed E-state index contributed by atoms with van der Waals surface area (Å²) < 4.78 is 4.13. The van der Waals surface area contributed by atoms with E-state index >= 15 is 0 Å². The van der Waals surface area contributed by atoms with Crippen LogP contribution in [-0.4, -0.2) is 5.04 Å². The van der Waals surface area contributed by atoms with Crippen molar-refractivity contribution < 1.29 is 0 Å². The second kappa shape index (κ2) is 3.22. The minimum Gasteiger partial charge on any atom is -0.207 e. The number of benzene rings is 1. The first-order chi connectivity index (χ1) is 5.83. The molecular formula is C9H6INS. The first kappa shape index (κ1) is 8.31. The minimum absolute atomic E-state index is 1.02. The van der Waals surface area contributed by atoms with Gasteiger partial charge in [0.1, 0.15) is 5.04 Å². The molecule has 0 saturated heterocycles. The SMILES string of the molecule is C=C1C(=NI)Sc2ccccc21. The maximum Gasteiger partial charge on any atom is 0.115 e. The number of fused-ring (bicyclic) bond motifs is 1. The fourth-order valence-electron chi connectivity index (χ4n) is 1.15. The monoisotopic (exact) mass is 287 g/mol. The molecule has 0 radical (unpaired) electrons. The van der Waals surface area contributed by atoms with Gasteiger partial charge in [-0.15, -0.1) is 0 Å². The zero-order valence-electron chi connectivity index (χ0n) is 6.25. The lowest BCUT2D eigenvalue weighted by atomic mass is 10.1. The highest BCUT2D eigenvalue weighted by Crippen LogP contribution is 2.40. The predicted molar refractivity (Wildman–Crippen MR) is 62.8 cm³/mol. The van der Waals surface area contributed by atoms with Gasteiger partial charge in [0, 0.05) is 10.5 Å². The van der Waals surface area contributed by atoms with Crippen molar-refractivity contribution in [2.45, 2.75) is 4.90 Å². The number of rotatable bonds is 0.